The van der Waals surface area contributed by atoms with Crippen molar-refractivity contribution in [2.45, 2.75) is 44.9 Å². The molecule has 284 valence electrons. The largest absolute Gasteiger partial charge is 0.314 e. The van der Waals surface area contributed by atoms with Crippen molar-refractivity contribution in [3.63, 3.8) is 0 Å². The quantitative estimate of drug-likeness (QED) is 0.163. The van der Waals surface area contributed by atoms with Gasteiger partial charge in [0, 0.05) is 22.4 Å². The van der Waals surface area contributed by atoms with Crippen LogP contribution in [0.1, 0.15) is 56.4 Å². The highest BCUT2D eigenvalue weighted by Gasteiger charge is 2.45. The van der Waals surface area contributed by atoms with Gasteiger partial charge in [0.25, 0.3) is 0 Å². The van der Waals surface area contributed by atoms with E-state index in [1.807, 2.05) is 0 Å². The Balaban J connectivity index is 1.12. The Bertz CT molecular complexity index is 3010. The minimum Gasteiger partial charge on any atom is -0.314 e. The van der Waals surface area contributed by atoms with Gasteiger partial charge in [-0.05, 0) is 120 Å². The Morgan fingerprint density at radius 2 is 1.05 bits per heavy atom. The fraction of sp³-hybridized carbons (Fsp3) is 0.138. The van der Waals surface area contributed by atoms with Crippen LogP contribution < -0.4 is 4.90 Å². The Kier molecular flexibility index (Phi) is 8.07. The van der Waals surface area contributed by atoms with Crippen LogP contribution in [0.3, 0.4) is 0 Å². The minimum atomic E-state index is -0.122. The molecule has 0 saturated carbocycles. The van der Waals surface area contributed by atoms with E-state index in [0.29, 0.717) is 5.92 Å². The molecule has 0 fully saturated rings. The van der Waals surface area contributed by atoms with Crippen molar-refractivity contribution < 1.29 is 0 Å². The van der Waals surface area contributed by atoms with Crippen molar-refractivity contribution in [3.05, 3.63) is 222 Å². The molecule has 0 radical (unpaired) electrons. The normalized spacial score (nSPS) is 16.7. The number of anilines is 2. The molecule has 8 aromatic rings. The molecule has 3 aliphatic carbocycles. The van der Waals surface area contributed by atoms with Crippen LogP contribution in [-0.4, -0.2) is 0 Å². The van der Waals surface area contributed by atoms with E-state index in [4.69, 9.17) is 0 Å². The summed E-state index contributed by atoms with van der Waals surface area (Å²) in [5, 5.41) is 2.53. The standard InChI is InChI=1S/C58H47N/c1-57(2)52-23-12-10-20-48(52)50-33-30-43(36-54(50)57)59(44-31-34-51-49-21-11-13-24-53(49)58(3,4)55(51)37-44)56-35-42(38-15-6-5-7-16-38)29-32-47(56)41-27-25-40(26-28-41)46-22-14-18-39-17-8-9-19-45(39)46/h5-36,55H,37H2,1-4H3. The monoisotopic (exact) mass is 757 g/mol. The van der Waals surface area contributed by atoms with E-state index in [9.17, 15) is 0 Å². The highest BCUT2D eigenvalue weighted by molar-refractivity contribution is 5.97. The van der Waals surface area contributed by atoms with Crippen LogP contribution in [0.2, 0.25) is 0 Å². The van der Waals surface area contributed by atoms with Crippen molar-refractivity contribution in [1.29, 1.82) is 0 Å². The Hall–Kier alpha value is -6.70. The highest BCUT2D eigenvalue weighted by Crippen LogP contribution is 2.56. The lowest BCUT2D eigenvalue weighted by atomic mass is 9.73. The Morgan fingerprint density at radius 3 is 1.86 bits per heavy atom. The molecule has 3 aliphatic rings. The van der Waals surface area contributed by atoms with E-state index in [1.165, 1.54) is 100 Å². The predicted molar refractivity (Wildman–Crippen MR) is 250 cm³/mol. The van der Waals surface area contributed by atoms with E-state index in [0.717, 1.165) is 6.42 Å². The molecule has 11 rings (SSSR count). The summed E-state index contributed by atoms with van der Waals surface area (Å²) in [4.78, 5) is 2.60. The maximum Gasteiger partial charge on any atom is 0.0542 e. The molecule has 8 aromatic carbocycles. The number of allylic oxidation sites excluding steroid dienone is 4. The second-order valence-corrected chi connectivity index (χ2v) is 17.7. The van der Waals surface area contributed by atoms with Gasteiger partial charge >= 0.3 is 0 Å². The summed E-state index contributed by atoms with van der Waals surface area (Å²) in [6, 6.07) is 67.7. The topological polar surface area (TPSA) is 3.24 Å². The summed E-state index contributed by atoms with van der Waals surface area (Å²) in [6.07, 6.45) is 5.78. The van der Waals surface area contributed by atoms with Gasteiger partial charge in [0.15, 0.2) is 0 Å². The van der Waals surface area contributed by atoms with Gasteiger partial charge in [-0.25, -0.2) is 0 Å². The Labute approximate surface area is 348 Å². The number of rotatable bonds is 6. The second-order valence-electron chi connectivity index (χ2n) is 17.7. The molecule has 0 spiro atoms. The van der Waals surface area contributed by atoms with E-state index in [2.05, 4.69) is 227 Å². The maximum absolute atomic E-state index is 2.60. The zero-order valence-corrected chi connectivity index (χ0v) is 34.2. The highest BCUT2D eigenvalue weighted by atomic mass is 15.2. The Morgan fingerprint density at radius 1 is 0.441 bits per heavy atom. The molecule has 0 aromatic heterocycles. The number of hydrogen-bond donors (Lipinski definition) is 0. The van der Waals surface area contributed by atoms with E-state index < -0.39 is 0 Å². The molecular weight excluding hydrogens is 711 g/mol. The SMILES string of the molecule is CC1(C)c2ccccc2-c2ccc(N(C3=CC=C4c5ccccc5C(C)(C)C4C3)c3cc(-c4ccccc4)ccc3-c3ccc(-c4cccc5ccccc45)cc3)cc21. The maximum atomic E-state index is 2.60. The third kappa shape index (κ3) is 5.59. The van der Waals surface area contributed by atoms with E-state index >= 15 is 0 Å². The van der Waals surface area contributed by atoms with Gasteiger partial charge in [-0.1, -0.05) is 198 Å². The number of fused-ring (bicyclic) bond motifs is 7. The van der Waals surface area contributed by atoms with Crippen LogP contribution in [0.15, 0.2) is 200 Å². The first-order chi connectivity index (χ1) is 28.8. The zero-order chi connectivity index (χ0) is 39.9. The van der Waals surface area contributed by atoms with Gasteiger partial charge in [0.1, 0.15) is 0 Å². The summed E-state index contributed by atoms with van der Waals surface area (Å²) in [5.41, 5.74) is 20.6. The van der Waals surface area contributed by atoms with Gasteiger partial charge in [0.2, 0.25) is 0 Å². The first kappa shape index (κ1) is 35.5. The second kappa shape index (κ2) is 13.4. The summed E-state index contributed by atoms with van der Waals surface area (Å²) in [5.74, 6) is 0.359. The number of hydrogen-bond acceptors (Lipinski definition) is 1. The van der Waals surface area contributed by atoms with Crippen molar-refractivity contribution in [1.82, 2.24) is 0 Å². The van der Waals surface area contributed by atoms with Crippen LogP contribution >= 0.6 is 0 Å². The van der Waals surface area contributed by atoms with Gasteiger partial charge in [-0.15, -0.1) is 0 Å². The average molecular weight is 758 g/mol. The smallest absolute Gasteiger partial charge is 0.0542 e. The minimum absolute atomic E-state index is 0.00132. The molecule has 59 heavy (non-hydrogen) atoms. The fourth-order valence-corrected chi connectivity index (χ4v) is 10.6. The first-order valence-electron chi connectivity index (χ1n) is 21.1. The molecule has 0 aliphatic heterocycles. The number of nitrogens with zero attached hydrogens (tertiary/aromatic N) is 1. The van der Waals surface area contributed by atoms with Gasteiger partial charge < -0.3 is 4.90 Å². The molecule has 1 atom stereocenters. The van der Waals surface area contributed by atoms with Crippen LogP contribution in [0, 0.1) is 5.92 Å². The molecule has 0 saturated heterocycles. The summed E-state index contributed by atoms with van der Waals surface area (Å²) < 4.78 is 0. The molecular formula is C58H47N. The van der Waals surface area contributed by atoms with Gasteiger partial charge in [-0.2, -0.15) is 0 Å². The lowest BCUT2D eigenvalue weighted by Crippen LogP contribution is -2.29. The number of benzene rings is 8. The predicted octanol–water partition coefficient (Wildman–Crippen LogP) is 15.6. The van der Waals surface area contributed by atoms with Crippen LogP contribution in [0.4, 0.5) is 11.4 Å². The molecule has 0 heterocycles. The lowest BCUT2D eigenvalue weighted by molar-refractivity contribution is 0.406. The van der Waals surface area contributed by atoms with Crippen LogP contribution in [0.25, 0.3) is 60.9 Å². The van der Waals surface area contributed by atoms with Crippen molar-refractivity contribution >= 4 is 27.7 Å². The summed E-state index contributed by atoms with van der Waals surface area (Å²) in [6.45, 7) is 9.66. The molecule has 0 bridgehead atoms. The first-order valence-corrected chi connectivity index (χ1v) is 21.1. The third-order valence-corrected chi connectivity index (χ3v) is 13.8. The third-order valence-electron chi connectivity index (χ3n) is 13.8. The molecule has 0 amide bonds. The molecule has 0 N–H and O–H groups in total. The van der Waals surface area contributed by atoms with Crippen LogP contribution in [-0.2, 0) is 10.8 Å². The average Bonchev–Trinajstić information content (AvgIpc) is 3.65. The lowest BCUT2D eigenvalue weighted by Gasteiger charge is -2.37. The zero-order valence-electron chi connectivity index (χ0n) is 34.2. The van der Waals surface area contributed by atoms with Crippen molar-refractivity contribution in [2.24, 2.45) is 5.92 Å². The summed E-state index contributed by atoms with van der Waals surface area (Å²) >= 11 is 0. The van der Waals surface area contributed by atoms with Gasteiger partial charge in [-0.3, -0.25) is 0 Å². The van der Waals surface area contributed by atoms with E-state index in [-0.39, 0.29) is 10.8 Å². The van der Waals surface area contributed by atoms with E-state index in [1.54, 1.807) is 0 Å². The van der Waals surface area contributed by atoms with Crippen LogP contribution in [0.5, 0.6) is 0 Å². The van der Waals surface area contributed by atoms with Crippen molar-refractivity contribution in [3.8, 4) is 44.5 Å². The molecule has 1 heteroatoms. The fourth-order valence-electron chi connectivity index (χ4n) is 10.6. The van der Waals surface area contributed by atoms with Crippen molar-refractivity contribution in [2.75, 3.05) is 4.90 Å². The molecule has 1 unspecified atom stereocenters. The van der Waals surface area contributed by atoms with Gasteiger partial charge in [0.05, 0.1) is 5.69 Å². The summed E-state index contributed by atoms with van der Waals surface area (Å²) in [7, 11) is 0. The molecule has 1 nitrogen and oxygen atoms in total.